The molecule has 0 bridgehead atoms. The van der Waals surface area contributed by atoms with Crippen molar-refractivity contribution in [1.29, 1.82) is 0 Å². The van der Waals surface area contributed by atoms with Crippen molar-refractivity contribution in [2.24, 2.45) is 11.3 Å². The highest BCUT2D eigenvalue weighted by molar-refractivity contribution is 7.91. The number of hydrogen-bond acceptors (Lipinski definition) is 8. The van der Waals surface area contributed by atoms with Crippen molar-refractivity contribution in [3.05, 3.63) is 24.3 Å². The van der Waals surface area contributed by atoms with Gasteiger partial charge in [0.05, 0.1) is 5.25 Å². The first-order chi connectivity index (χ1) is 19.7. The molecule has 0 aromatic heterocycles. The maximum absolute atomic E-state index is 14.1. The maximum Gasteiger partial charge on any atom is 0.408 e. The number of sulfonamides is 1. The first-order valence-corrected chi connectivity index (χ1v) is 16.3. The summed E-state index contributed by atoms with van der Waals surface area (Å²) in [6.45, 7) is 15.9. The van der Waals surface area contributed by atoms with E-state index in [-0.39, 0.29) is 25.2 Å². The molecule has 43 heavy (non-hydrogen) atoms. The minimum absolute atomic E-state index is 0.0607. The predicted molar refractivity (Wildman–Crippen MR) is 160 cm³/mol. The topological polar surface area (TPSA) is 168 Å². The number of ketones is 1. The summed E-state index contributed by atoms with van der Waals surface area (Å²) in [5.74, 6) is -2.69. The Morgan fingerprint density at radius 2 is 1.70 bits per heavy atom. The van der Waals surface area contributed by atoms with E-state index in [2.05, 4.69) is 21.9 Å². The predicted octanol–water partition coefficient (Wildman–Crippen LogP) is 2.49. The van der Waals surface area contributed by atoms with Crippen LogP contribution in [-0.2, 0) is 33.9 Å². The second-order valence-corrected chi connectivity index (χ2v) is 15.8. The van der Waals surface area contributed by atoms with Crippen molar-refractivity contribution in [3.63, 3.8) is 0 Å². The Bertz CT molecular complexity index is 1310. The molecule has 0 spiro atoms. The Morgan fingerprint density at radius 3 is 2.21 bits per heavy atom. The van der Waals surface area contributed by atoms with Gasteiger partial charge in [-0.2, -0.15) is 0 Å². The molecule has 1 heterocycles. The standard InChI is InChI=1S/C30H46N4O8S/c1-9-19-16-30(19,26(38)33-43(40,41)21-12-13-21)32-24(36)22-11-10-14-34(22)25(37)23(31-27(39)42-28(4,5)6)29(7,8)17-20(35)15-18(2)3/h9,15,19,21-23H,1,10-14,16-17H2,2-8H3,(H,31,39)(H,32,36)(H,33,38)/t19-,22+,23-,30-/m1/s1. The van der Waals surface area contributed by atoms with E-state index in [1.165, 1.54) is 17.1 Å². The molecule has 0 radical (unpaired) electrons. The summed E-state index contributed by atoms with van der Waals surface area (Å²) in [7, 11) is -3.84. The Kier molecular flexibility index (Phi) is 9.89. The van der Waals surface area contributed by atoms with Crippen molar-refractivity contribution in [1.82, 2.24) is 20.3 Å². The van der Waals surface area contributed by atoms with Crippen LogP contribution >= 0.6 is 0 Å². The van der Waals surface area contributed by atoms with E-state index in [1.54, 1.807) is 48.5 Å². The zero-order valence-electron chi connectivity index (χ0n) is 26.2. The molecule has 3 rings (SSSR count). The van der Waals surface area contributed by atoms with E-state index >= 15 is 0 Å². The van der Waals surface area contributed by atoms with Gasteiger partial charge < -0.3 is 20.3 Å². The zero-order valence-corrected chi connectivity index (χ0v) is 27.1. The summed E-state index contributed by atoms with van der Waals surface area (Å²) < 4.78 is 32.4. The number of hydrogen-bond donors (Lipinski definition) is 3. The van der Waals surface area contributed by atoms with Gasteiger partial charge in [0.2, 0.25) is 21.8 Å². The summed E-state index contributed by atoms with van der Waals surface area (Å²) in [6.07, 6.45) is 3.97. The normalized spacial score (nSPS) is 24.3. The third-order valence-corrected chi connectivity index (χ3v) is 9.68. The number of rotatable bonds is 12. The van der Waals surface area contributed by atoms with E-state index in [9.17, 15) is 32.4 Å². The molecule has 0 aromatic rings. The van der Waals surface area contributed by atoms with Gasteiger partial charge in [0.25, 0.3) is 5.91 Å². The summed E-state index contributed by atoms with van der Waals surface area (Å²) in [5.41, 5.74) is -2.60. The van der Waals surface area contributed by atoms with Crippen molar-refractivity contribution < 1.29 is 37.1 Å². The molecule has 13 heteroatoms. The van der Waals surface area contributed by atoms with Gasteiger partial charge in [0.15, 0.2) is 5.78 Å². The van der Waals surface area contributed by atoms with Crippen molar-refractivity contribution in [2.75, 3.05) is 6.54 Å². The molecular formula is C30H46N4O8S. The van der Waals surface area contributed by atoms with E-state index in [1.807, 2.05) is 0 Å². The number of carbonyl (C=O) groups is 5. The first kappa shape index (κ1) is 34.3. The highest BCUT2D eigenvalue weighted by atomic mass is 32.2. The highest BCUT2D eigenvalue weighted by Gasteiger charge is 2.61. The first-order valence-electron chi connectivity index (χ1n) is 14.7. The monoisotopic (exact) mass is 622 g/mol. The number of ether oxygens (including phenoxy) is 1. The second-order valence-electron chi connectivity index (χ2n) is 13.8. The molecule has 12 nitrogen and oxygen atoms in total. The number of nitrogens with one attached hydrogen (secondary N) is 3. The molecule has 4 amide bonds. The van der Waals surface area contributed by atoms with E-state index in [4.69, 9.17) is 4.74 Å². The van der Waals surface area contributed by atoms with Gasteiger partial charge in [-0.25, -0.2) is 13.2 Å². The molecule has 1 saturated heterocycles. The number of amides is 4. The van der Waals surface area contributed by atoms with Crippen LogP contribution in [0.1, 0.15) is 87.0 Å². The van der Waals surface area contributed by atoms with Crippen molar-refractivity contribution in [2.45, 2.75) is 115 Å². The lowest BCUT2D eigenvalue weighted by Crippen LogP contribution is -2.60. The van der Waals surface area contributed by atoms with E-state index in [0.29, 0.717) is 25.7 Å². The van der Waals surface area contributed by atoms with Gasteiger partial charge >= 0.3 is 6.09 Å². The summed E-state index contributed by atoms with van der Waals surface area (Å²) in [6, 6.07) is -2.19. The van der Waals surface area contributed by atoms with Crippen molar-refractivity contribution >= 4 is 39.6 Å². The fourth-order valence-electron chi connectivity index (χ4n) is 5.43. The molecule has 2 saturated carbocycles. The highest BCUT2D eigenvalue weighted by Crippen LogP contribution is 2.45. The molecule has 3 aliphatic rings. The Hall–Kier alpha value is -3.22. The lowest BCUT2D eigenvalue weighted by Gasteiger charge is -2.37. The summed E-state index contributed by atoms with van der Waals surface area (Å²) >= 11 is 0. The van der Waals surface area contributed by atoms with Gasteiger partial charge in [-0.3, -0.25) is 23.9 Å². The van der Waals surface area contributed by atoms with Crippen LogP contribution in [-0.4, -0.2) is 77.9 Å². The average Bonchev–Trinajstić information content (AvgIpc) is 3.76. The summed E-state index contributed by atoms with van der Waals surface area (Å²) in [5, 5.41) is 4.75. The van der Waals surface area contributed by atoms with Crippen LogP contribution in [0, 0.1) is 11.3 Å². The smallest absolute Gasteiger partial charge is 0.408 e. The fraction of sp³-hybridized carbons (Fsp3) is 0.700. The Morgan fingerprint density at radius 1 is 1.07 bits per heavy atom. The molecule has 240 valence electrons. The van der Waals surface area contributed by atoms with Crippen LogP contribution in [0.4, 0.5) is 4.79 Å². The number of nitrogens with zero attached hydrogens (tertiary/aromatic N) is 1. The number of likely N-dealkylation sites (tertiary alicyclic amines) is 1. The van der Waals surface area contributed by atoms with Crippen LogP contribution in [0.5, 0.6) is 0 Å². The number of carbonyl (C=O) groups excluding carboxylic acids is 5. The van der Waals surface area contributed by atoms with Gasteiger partial charge in [-0.1, -0.05) is 25.5 Å². The fourth-order valence-corrected chi connectivity index (χ4v) is 6.79. The quantitative estimate of drug-likeness (QED) is 0.220. The Balaban J connectivity index is 1.84. The number of allylic oxidation sites excluding steroid dienone is 2. The average molecular weight is 623 g/mol. The van der Waals surface area contributed by atoms with Crippen molar-refractivity contribution in [3.8, 4) is 0 Å². The molecule has 0 aromatic carbocycles. The van der Waals surface area contributed by atoms with Gasteiger partial charge in [-0.05, 0) is 72.8 Å². The maximum atomic E-state index is 14.1. The molecular weight excluding hydrogens is 576 g/mol. The van der Waals surface area contributed by atoms with Crippen LogP contribution in [0.3, 0.4) is 0 Å². The van der Waals surface area contributed by atoms with Crippen LogP contribution in [0.25, 0.3) is 0 Å². The third-order valence-electron chi connectivity index (χ3n) is 7.86. The van der Waals surface area contributed by atoms with E-state index in [0.717, 1.165) is 5.57 Å². The lowest BCUT2D eigenvalue weighted by atomic mass is 9.78. The van der Waals surface area contributed by atoms with Crippen LogP contribution in [0.2, 0.25) is 0 Å². The Labute approximate surface area is 254 Å². The SMILES string of the molecule is C=C[C@@H]1C[C@]1(NC(=O)[C@@H]1CCCN1C(=O)[C@@H](NC(=O)OC(C)(C)C)C(C)(C)CC(=O)C=C(C)C)C(=O)NS(=O)(=O)C1CC1. The van der Waals surface area contributed by atoms with E-state index < -0.39 is 73.6 Å². The second kappa shape index (κ2) is 12.4. The number of alkyl carbamates (subject to hydrolysis) is 1. The minimum Gasteiger partial charge on any atom is -0.444 e. The minimum atomic E-state index is -3.84. The molecule has 3 fully saturated rings. The van der Waals surface area contributed by atoms with Crippen LogP contribution < -0.4 is 15.4 Å². The molecule has 3 N–H and O–H groups in total. The van der Waals surface area contributed by atoms with Crippen LogP contribution in [0.15, 0.2) is 24.3 Å². The zero-order chi connectivity index (χ0) is 32.5. The van der Waals surface area contributed by atoms with Gasteiger partial charge in [-0.15, -0.1) is 6.58 Å². The molecule has 0 unspecified atom stereocenters. The van der Waals surface area contributed by atoms with Gasteiger partial charge in [0, 0.05) is 24.3 Å². The largest absolute Gasteiger partial charge is 0.444 e. The third kappa shape index (κ3) is 8.45. The van der Waals surface area contributed by atoms with Gasteiger partial charge in [0.1, 0.15) is 23.2 Å². The lowest BCUT2D eigenvalue weighted by molar-refractivity contribution is -0.143. The molecule has 4 atom stereocenters. The molecule has 1 aliphatic heterocycles. The summed E-state index contributed by atoms with van der Waals surface area (Å²) in [4.78, 5) is 67.8. The molecule has 2 aliphatic carbocycles.